The fourth-order valence-electron chi connectivity index (χ4n) is 2.86. The summed E-state index contributed by atoms with van der Waals surface area (Å²) in [6.07, 6.45) is 1.34. The molecule has 0 saturated heterocycles. The number of rotatable bonds is 4. The maximum Gasteiger partial charge on any atom is 0.185 e. The van der Waals surface area contributed by atoms with Crippen molar-refractivity contribution in [2.24, 2.45) is 5.41 Å². The molecule has 2 atom stereocenters. The zero-order chi connectivity index (χ0) is 16.0. The minimum atomic E-state index is -1.76. The SMILES string of the molecule is CC1(O[Si](C)(C)C)CC(O[Si](C)(C)C)C(C)(C)CC1=O. The van der Waals surface area contributed by atoms with Crippen molar-refractivity contribution in [3.8, 4) is 0 Å². The van der Waals surface area contributed by atoms with Crippen LogP contribution in [0.25, 0.3) is 0 Å². The quantitative estimate of drug-likeness (QED) is 0.729. The highest BCUT2D eigenvalue weighted by molar-refractivity contribution is 6.70. The lowest BCUT2D eigenvalue weighted by molar-refractivity contribution is -0.150. The van der Waals surface area contributed by atoms with Crippen LogP contribution in [-0.4, -0.2) is 34.1 Å². The number of carbonyl (C=O) groups is 1. The van der Waals surface area contributed by atoms with Crippen molar-refractivity contribution in [1.82, 2.24) is 0 Å². The highest BCUT2D eigenvalue weighted by Crippen LogP contribution is 2.43. The number of Topliss-reactive ketones (excluding diaryl/α,β-unsaturated/α-hetero) is 1. The lowest BCUT2D eigenvalue weighted by Crippen LogP contribution is -2.57. The Morgan fingerprint density at radius 2 is 1.50 bits per heavy atom. The van der Waals surface area contributed by atoms with E-state index in [0.717, 1.165) is 0 Å². The van der Waals surface area contributed by atoms with Gasteiger partial charge in [0.1, 0.15) is 5.60 Å². The molecule has 1 fully saturated rings. The first-order valence-corrected chi connectivity index (χ1v) is 14.4. The second-order valence-corrected chi connectivity index (χ2v) is 17.8. The van der Waals surface area contributed by atoms with Gasteiger partial charge in [-0.3, -0.25) is 4.79 Å². The average Bonchev–Trinajstić information content (AvgIpc) is 2.08. The Bertz CT molecular complexity index is 380. The van der Waals surface area contributed by atoms with Gasteiger partial charge in [-0.25, -0.2) is 0 Å². The van der Waals surface area contributed by atoms with Crippen LogP contribution in [0.1, 0.15) is 33.6 Å². The molecule has 0 aliphatic heterocycles. The maximum absolute atomic E-state index is 12.6. The van der Waals surface area contributed by atoms with Gasteiger partial charge in [0.25, 0.3) is 0 Å². The van der Waals surface area contributed by atoms with Crippen LogP contribution < -0.4 is 0 Å². The van der Waals surface area contributed by atoms with E-state index in [1.807, 2.05) is 6.92 Å². The Hall–Kier alpha value is 0.0238. The van der Waals surface area contributed by atoms with Crippen LogP contribution in [0.5, 0.6) is 0 Å². The molecule has 3 nitrogen and oxygen atoms in total. The van der Waals surface area contributed by atoms with E-state index in [2.05, 4.69) is 53.1 Å². The van der Waals surface area contributed by atoms with Crippen molar-refractivity contribution in [3.63, 3.8) is 0 Å². The zero-order valence-corrected chi connectivity index (χ0v) is 16.7. The number of ketones is 1. The van der Waals surface area contributed by atoms with E-state index in [-0.39, 0.29) is 17.3 Å². The van der Waals surface area contributed by atoms with Crippen LogP contribution in [-0.2, 0) is 13.6 Å². The first-order valence-electron chi connectivity index (χ1n) is 7.56. The van der Waals surface area contributed by atoms with E-state index in [0.29, 0.717) is 12.8 Å². The molecule has 0 heterocycles. The highest BCUT2D eigenvalue weighted by Gasteiger charge is 2.51. The van der Waals surface area contributed by atoms with E-state index in [1.165, 1.54) is 0 Å². The summed E-state index contributed by atoms with van der Waals surface area (Å²) in [5, 5.41) is 0. The topological polar surface area (TPSA) is 35.5 Å². The van der Waals surface area contributed by atoms with E-state index in [4.69, 9.17) is 8.85 Å². The molecular weight excluding hydrogens is 284 g/mol. The molecule has 20 heavy (non-hydrogen) atoms. The predicted octanol–water partition coefficient (Wildman–Crippen LogP) is 4.21. The molecule has 0 amide bonds. The molecule has 0 aromatic carbocycles. The van der Waals surface area contributed by atoms with E-state index >= 15 is 0 Å². The van der Waals surface area contributed by atoms with Gasteiger partial charge in [0.15, 0.2) is 22.4 Å². The van der Waals surface area contributed by atoms with Crippen molar-refractivity contribution < 1.29 is 13.6 Å². The minimum absolute atomic E-state index is 0.0975. The van der Waals surface area contributed by atoms with Crippen molar-refractivity contribution >= 4 is 22.4 Å². The van der Waals surface area contributed by atoms with Crippen LogP contribution in [0.3, 0.4) is 0 Å². The normalized spacial score (nSPS) is 31.4. The smallest absolute Gasteiger partial charge is 0.185 e. The summed E-state index contributed by atoms with van der Waals surface area (Å²) in [5.41, 5.74) is -0.760. The Morgan fingerprint density at radius 1 is 1.00 bits per heavy atom. The van der Waals surface area contributed by atoms with E-state index < -0.39 is 22.2 Å². The van der Waals surface area contributed by atoms with Crippen molar-refractivity contribution in [2.75, 3.05) is 0 Å². The molecule has 0 N–H and O–H groups in total. The summed E-state index contributed by atoms with van der Waals surface area (Å²) >= 11 is 0. The summed E-state index contributed by atoms with van der Waals surface area (Å²) in [7, 11) is -3.39. The first kappa shape index (κ1) is 18.1. The molecule has 1 aliphatic rings. The number of hydrogen-bond donors (Lipinski definition) is 0. The van der Waals surface area contributed by atoms with Gasteiger partial charge < -0.3 is 8.85 Å². The van der Waals surface area contributed by atoms with Gasteiger partial charge in [0.2, 0.25) is 0 Å². The molecule has 0 spiro atoms. The second kappa shape index (κ2) is 5.34. The molecule has 0 bridgehead atoms. The molecule has 2 unspecified atom stereocenters. The van der Waals surface area contributed by atoms with Gasteiger partial charge in [-0.1, -0.05) is 13.8 Å². The molecule has 1 saturated carbocycles. The summed E-state index contributed by atoms with van der Waals surface area (Å²) in [4.78, 5) is 12.6. The van der Waals surface area contributed by atoms with Gasteiger partial charge in [-0.2, -0.15) is 0 Å². The van der Waals surface area contributed by atoms with Crippen molar-refractivity contribution in [3.05, 3.63) is 0 Å². The molecule has 1 rings (SSSR count). The van der Waals surface area contributed by atoms with E-state index in [9.17, 15) is 4.79 Å². The fourth-order valence-corrected chi connectivity index (χ4v) is 5.67. The van der Waals surface area contributed by atoms with Crippen LogP contribution >= 0.6 is 0 Å². The third-order valence-corrected chi connectivity index (χ3v) is 5.73. The van der Waals surface area contributed by atoms with Crippen molar-refractivity contribution in [2.45, 2.75) is 84.6 Å². The largest absolute Gasteiger partial charge is 0.414 e. The van der Waals surface area contributed by atoms with Crippen LogP contribution in [0.2, 0.25) is 39.3 Å². The lowest BCUT2D eigenvalue weighted by Gasteiger charge is -2.49. The number of hydrogen-bond acceptors (Lipinski definition) is 3. The van der Waals surface area contributed by atoms with Gasteiger partial charge in [0, 0.05) is 12.8 Å². The number of carbonyl (C=O) groups excluding carboxylic acids is 1. The summed E-state index contributed by atoms with van der Waals surface area (Å²) in [5.74, 6) is 0.236. The predicted molar refractivity (Wildman–Crippen MR) is 89.1 cm³/mol. The molecule has 0 radical (unpaired) electrons. The standard InChI is InChI=1S/C15H32O3Si2/c1-14(2)10-12(16)15(3,18-20(7,8)9)11-13(14)17-19(4,5)6/h13H,10-11H2,1-9H3. The van der Waals surface area contributed by atoms with Crippen LogP contribution in [0.4, 0.5) is 0 Å². The van der Waals surface area contributed by atoms with Gasteiger partial charge in [-0.15, -0.1) is 0 Å². The third kappa shape index (κ3) is 4.79. The third-order valence-electron chi connectivity index (χ3n) is 3.68. The zero-order valence-electron chi connectivity index (χ0n) is 14.7. The van der Waals surface area contributed by atoms with Crippen LogP contribution in [0.15, 0.2) is 0 Å². The first-order chi connectivity index (χ1) is 8.65. The van der Waals surface area contributed by atoms with E-state index in [1.54, 1.807) is 0 Å². The lowest BCUT2D eigenvalue weighted by atomic mass is 9.69. The Balaban J connectivity index is 2.99. The average molecular weight is 317 g/mol. The second-order valence-electron chi connectivity index (χ2n) is 8.96. The summed E-state index contributed by atoms with van der Waals surface area (Å²) < 4.78 is 12.6. The fraction of sp³-hybridized carbons (Fsp3) is 0.933. The molecular formula is C15H32O3Si2. The molecule has 5 heteroatoms. The maximum atomic E-state index is 12.6. The Morgan fingerprint density at radius 3 is 1.90 bits per heavy atom. The molecule has 0 aromatic heterocycles. The minimum Gasteiger partial charge on any atom is -0.414 e. The van der Waals surface area contributed by atoms with Crippen molar-refractivity contribution in [1.29, 1.82) is 0 Å². The monoisotopic (exact) mass is 316 g/mol. The van der Waals surface area contributed by atoms with Gasteiger partial charge >= 0.3 is 0 Å². The molecule has 1 aliphatic carbocycles. The van der Waals surface area contributed by atoms with Gasteiger partial charge in [0.05, 0.1) is 6.10 Å². The molecule has 118 valence electrons. The highest BCUT2D eigenvalue weighted by atomic mass is 28.4. The summed E-state index contributed by atoms with van der Waals surface area (Å²) in [6.45, 7) is 19.3. The van der Waals surface area contributed by atoms with Crippen LogP contribution in [0, 0.1) is 5.41 Å². The Kier molecular flexibility index (Phi) is 4.82. The summed E-state index contributed by atoms with van der Waals surface area (Å²) in [6, 6.07) is 0. The Labute approximate surface area is 126 Å². The molecule has 0 aromatic rings. The van der Waals surface area contributed by atoms with Gasteiger partial charge in [-0.05, 0) is 51.6 Å².